The lowest BCUT2D eigenvalue weighted by molar-refractivity contribution is -0.169. The Balaban J connectivity index is 1.32. The highest BCUT2D eigenvalue weighted by Gasteiger charge is 2.55. The number of anilines is 1. The standard InChI is InChI=1S/C24H34N4O4S/c1-14(22(30)27-12-19-11-26-15(2)28-21(19)25)20(3-4-29)33-13-32-23(31)24-8-16-5-17(9-24)7-18(6-16)10-24/h11,16-18,29H,3-10,12-13H2,1-2H3,(H,27,30)(H2,25,26,28)/b20-14-. The predicted octanol–water partition coefficient (Wildman–Crippen LogP) is 3.09. The van der Waals surface area contributed by atoms with Crippen molar-refractivity contribution in [2.45, 2.75) is 65.3 Å². The molecule has 180 valence electrons. The summed E-state index contributed by atoms with van der Waals surface area (Å²) in [6, 6.07) is 0. The zero-order valence-corrected chi connectivity index (χ0v) is 20.2. The number of nitrogens with two attached hydrogens (primary N) is 1. The van der Waals surface area contributed by atoms with Crippen LogP contribution in [0, 0.1) is 30.1 Å². The average molecular weight is 475 g/mol. The Hall–Kier alpha value is -2.13. The summed E-state index contributed by atoms with van der Waals surface area (Å²) in [5, 5.41) is 12.3. The lowest BCUT2D eigenvalue weighted by Gasteiger charge is -2.55. The number of aryl methyl sites for hydroxylation is 1. The number of hydrogen-bond acceptors (Lipinski definition) is 8. The maximum absolute atomic E-state index is 13.1. The molecule has 4 saturated carbocycles. The number of thioether (sulfide) groups is 1. The van der Waals surface area contributed by atoms with Gasteiger partial charge in [-0.1, -0.05) is 11.8 Å². The van der Waals surface area contributed by atoms with Crippen LogP contribution in [-0.4, -0.2) is 39.5 Å². The SMILES string of the molecule is C/C(C(=O)NCc1cnc(C)nc1N)=C(\CCO)SCOC(=O)C12CC3CC(CC(C3)C1)C2. The number of nitrogen functional groups attached to an aromatic ring is 1. The fourth-order valence-electron chi connectivity index (χ4n) is 6.22. The van der Waals surface area contributed by atoms with Crippen LogP contribution in [0.4, 0.5) is 5.82 Å². The van der Waals surface area contributed by atoms with Crippen molar-refractivity contribution in [3.63, 3.8) is 0 Å². The van der Waals surface area contributed by atoms with E-state index >= 15 is 0 Å². The van der Waals surface area contributed by atoms with Gasteiger partial charge in [0.1, 0.15) is 17.6 Å². The number of carbonyl (C=O) groups excluding carboxylic acids is 2. The van der Waals surface area contributed by atoms with Crippen LogP contribution in [0.1, 0.15) is 63.3 Å². The Morgan fingerprint density at radius 2 is 1.88 bits per heavy atom. The third-order valence-electron chi connectivity index (χ3n) is 7.45. The summed E-state index contributed by atoms with van der Waals surface area (Å²) < 4.78 is 5.73. The normalized spacial score (nSPS) is 28.4. The second kappa shape index (κ2) is 10.0. The van der Waals surface area contributed by atoms with Gasteiger partial charge in [-0.05, 0) is 75.0 Å². The van der Waals surface area contributed by atoms with Gasteiger partial charge in [-0.25, -0.2) is 9.97 Å². The highest BCUT2D eigenvalue weighted by Crippen LogP contribution is 2.60. The molecular weight excluding hydrogens is 440 g/mol. The van der Waals surface area contributed by atoms with Crippen LogP contribution in [0.3, 0.4) is 0 Å². The quantitative estimate of drug-likeness (QED) is 0.283. The van der Waals surface area contributed by atoms with Gasteiger partial charge in [0.2, 0.25) is 5.91 Å². The number of amides is 1. The van der Waals surface area contributed by atoms with Crippen molar-refractivity contribution in [3.05, 3.63) is 28.1 Å². The topological polar surface area (TPSA) is 127 Å². The van der Waals surface area contributed by atoms with Gasteiger partial charge in [-0.2, -0.15) is 0 Å². The van der Waals surface area contributed by atoms with Crippen LogP contribution in [0.15, 0.2) is 16.7 Å². The molecule has 8 nitrogen and oxygen atoms in total. The molecule has 4 aliphatic rings. The highest BCUT2D eigenvalue weighted by molar-refractivity contribution is 8.03. The van der Waals surface area contributed by atoms with Crippen molar-refractivity contribution in [1.82, 2.24) is 15.3 Å². The first-order valence-electron chi connectivity index (χ1n) is 11.8. The smallest absolute Gasteiger partial charge is 0.312 e. The Kier molecular flexibility index (Phi) is 7.28. The predicted molar refractivity (Wildman–Crippen MR) is 127 cm³/mol. The van der Waals surface area contributed by atoms with Crippen molar-refractivity contribution in [1.29, 1.82) is 0 Å². The molecule has 4 aliphatic carbocycles. The van der Waals surface area contributed by atoms with Gasteiger partial charge in [-0.3, -0.25) is 9.59 Å². The Labute approximate surface area is 199 Å². The first-order valence-corrected chi connectivity index (χ1v) is 12.7. The summed E-state index contributed by atoms with van der Waals surface area (Å²) in [5.74, 6) is 2.77. The minimum atomic E-state index is -0.293. The largest absolute Gasteiger partial charge is 0.454 e. The van der Waals surface area contributed by atoms with E-state index < -0.39 is 0 Å². The van der Waals surface area contributed by atoms with E-state index in [1.54, 1.807) is 20.0 Å². The van der Waals surface area contributed by atoms with Gasteiger partial charge in [0.15, 0.2) is 0 Å². The van der Waals surface area contributed by atoms with Gasteiger partial charge in [-0.15, -0.1) is 0 Å². The van der Waals surface area contributed by atoms with Gasteiger partial charge in [0.05, 0.1) is 5.41 Å². The summed E-state index contributed by atoms with van der Waals surface area (Å²) in [5.41, 5.74) is 6.73. The van der Waals surface area contributed by atoms with Crippen LogP contribution >= 0.6 is 11.8 Å². The first-order chi connectivity index (χ1) is 15.8. The number of carbonyl (C=O) groups is 2. The van der Waals surface area contributed by atoms with Crippen molar-refractivity contribution < 1.29 is 19.4 Å². The van der Waals surface area contributed by atoms with Crippen LogP contribution in [-0.2, 0) is 20.9 Å². The molecule has 0 aliphatic heterocycles. The maximum atomic E-state index is 13.1. The van der Waals surface area contributed by atoms with Gasteiger partial charge >= 0.3 is 5.97 Å². The Morgan fingerprint density at radius 3 is 2.45 bits per heavy atom. The molecule has 4 bridgehead atoms. The number of rotatable bonds is 9. The summed E-state index contributed by atoms with van der Waals surface area (Å²) in [4.78, 5) is 34.7. The number of aromatic nitrogens is 2. The van der Waals surface area contributed by atoms with Crippen LogP contribution in [0.5, 0.6) is 0 Å². The van der Waals surface area contributed by atoms with E-state index in [-0.39, 0.29) is 36.4 Å². The number of nitrogens with one attached hydrogen (secondary N) is 1. The number of aliphatic hydroxyl groups is 1. The van der Waals surface area contributed by atoms with Crippen molar-refractivity contribution in [3.8, 4) is 0 Å². The average Bonchev–Trinajstić information content (AvgIpc) is 2.76. The third kappa shape index (κ3) is 5.35. The number of esters is 1. The number of aliphatic hydroxyl groups excluding tert-OH is 1. The fourth-order valence-corrected chi connectivity index (χ4v) is 7.07. The summed E-state index contributed by atoms with van der Waals surface area (Å²) in [6.45, 7) is 3.58. The molecule has 0 radical (unpaired) electrons. The molecule has 9 heteroatoms. The van der Waals surface area contributed by atoms with Crippen molar-refractivity contribution in [2.75, 3.05) is 18.3 Å². The minimum absolute atomic E-state index is 0.0746. The van der Waals surface area contributed by atoms with Crippen LogP contribution in [0.2, 0.25) is 0 Å². The Bertz CT molecular complexity index is 913. The summed E-state index contributed by atoms with van der Waals surface area (Å²) in [6.07, 6.45) is 8.66. The van der Waals surface area contributed by atoms with Crippen molar-refractivity contribution in [2.24, 2.45) is 23.2 Å². The lowest BCUT2D eigenvalue weighted by Crippen LogP contribution is -2.50. The molecule has 0 spiro atoms. The van der Waals surface area contributed by atoms with Gasteiger partial charge in [0.25, 0.3) is 0 Å². The zero-order chi connectivity index (χ0) is 23.6. The van der Waals surface area contributed by atoms with E-state index in [1.165, 1.54) is 31.0 Å². The fraction of sp³-hybridized carbons (Fsp3) is 0.667. The van der Waals surface area contributed by atoms with E-state index in [4.69, 9.17) is 10.5 Å². The van der Waals surface area contributed by atoms with E-state index in [2.05, 4.69) is 15.3 Å². The molecule has 1 amide bonds. The van der Waals surface area contributed by atoms with Crippen molar-refractivity contribution >= 4 is 29.5 Å². The van der Waals surface area contributed by atoms with Gasteiger partial charge in [0, 0.05) is 36.9 Å². The third-order valence-corrected chi connectivity index (χ3v) is 8.54. The molecule has 33 heavy (non-hydrogen) atoms. The van der Waals surface area contributed by atoms with E-state index in [1.807, 2.05) is 0 Å². The molecular formula is C24H34N4O4S. The monoisotopic (exact) mass is 474 g/mol. The summed E-state index contributed by atoms with van der Waals surface area (Å²) >= 11 is 1.31. The van der Waals surface area contributed by atoms with E-state index in [9.17, 15) is 14.7 Å². The van der Waals surface area contributed by atoms with E-state index in [0.717, 1.165) is 19.3 Å². The Morgan fingerprint density at radius 1 is 1.24 bits per heavy atom. The minimum Gasteiger partial charge on any atom is -0.454 e. The van der Waals surface area contributed by atoms with E-state index in [0.29, 0.717) is 51.9 Å². The van der Waals surface area contributed by atoms with Gasteiger partial charge < -0.3 is 20.9 Å². The second-order valence-electron chi connectivity index (χ2n) is 9.92. The van der Waals surface area contributed by atoms with Crippen LogP contribution < -0.4 is 11.1 Å². The molecule has 1 aromatic rings. The second-order valence-corrected chi connectivity index (χ2v) is 10.9. The zero-order valence-electron chi connectivity index (χ0n) is 19.4. The number of ether oxygens (including phenoxy) is 1. The molecule has 0 aromatic carbocycles. The maximum Gasteiger partial charge on any atom is 0.312 e. The molecule has 1 aromatic heterocycles. The molecule has 0 atom stereocenters. The molecule has 0 unspecified atom stereocenters. The highest BCUT2D eigenvalue weighted by atomic mass is 32.2. The number of nitrogens with zero attached hydrogens (tertiary/aromatic N) is 2. The molecule has 1 heterocycles. The molecule has 5 rings (SSSR count). The summed E-state index contributed by atoms with van der Waals surface area (Å²) in [7, 11) is 0. The first kappa shape index (κ1) is 24.0. The molecule has 4 N–H and O–H groups in total. The number of hydrogen-bond donors (Lipinski definition) is 3. The lowest BCUT2D eigenvalue weighted by atomic mass is 9.49. The molecule has 4 fully saturated rings. The molecule has 0 saturated heterocycles. The van der Waals surface area contributed by atoms with Crippen LogP contribution in [0.25, 0.3) is 0 Å².